The van der Waals surface area contributed by atoms with E-state index in [-0.39, 0.29) is 27.7 Å². The number of nitrogens with zero attached hydrogens (tertiary/aromatic N) is 2. The third kappa shape index (κ3) is 3.98. The maximum absolute atomic E-state index is 12.7. The molecule has 0 unspecified atom stereocenters. The van der Waals surface area contributed by atoms with Crippen LogP contribution in [0.4, 0.5) is 0 Å². The van der Waals surface area contributed by atoms with Gasteiger partial charge in [0.15, 0.2) is 4.77 Å². The molecule has 0 saturated heterocycles. The summed E-state index contributed by atoms with van der Waals surface area (Å²) in [6, 6.07) is 19.7. The zero-order valence-electron chi connectivity index (χ0n) is 17.6. The standard InChI is InChI=1S/C26H17N3O4S/c30-22-13-8-16(20-7-4-14-27-23(20)22)15-21-24(31)28-26(34)29(25(21)32)17-9-11-19(12-10-17)33-18-5-2-1-3-6-18/h1-15,32H,(H,28,31,34). The first-order chi connectivity index (χ1) is 16.5. The zero-order valence-corrected chi connectivity index (χ0v) is 18.5. The molecule has 0 fully saturated rings. The average molecular weight is 468 g/mol. The Labute approximate surface area is 199 Å². The molecule has 4 aromatic rings. The van der Waals surface area contributed by atoms with Crippen molar-refractivity contribution in [3.8, 4) is 23.1 Å². The van der Waals surface area contributed by atoms with Crippen molar-refractivity contribution in [2.45, 2.75) is 0 Å². The predicted octanol–water partition coefficient (Wildman–Crippen LogP) is 5.08. The van der Waals surface area contributed by atoms with E-state index in [0.29, 0.717) is 28.3 Å². The second-order valence-corrected chi connectivity index (χ2v) is 7.82. The first-order valence-electron chi connectivity index (χ1n) is 10.3. The van der Waals surface area contributed by atoms with E-state index < -0.39 is 5.56 Å². The molecule has 8 heteroatoms. The molecule has 2 aromatic carbocycles. The van der Waals surface area contributed by atoms with Crippen molar-refractivity contribution in [1.82, 2.24) is 14.5 Å². The lowest BCUT2D eigenvalue weighted by atomic mass is 9.94. The van der Waals surface area contributed by atoms with Crippen LogP contribution in [-0.4, -0.2) is 25.4 Å². The Hall–Kier alpha value is -4.56. The van der Waals surface area contributed by atoms with Crippen LogP contribution in [0.5, 0.6) is 17.4 Å². The van der Waals surface area contributed by atoms with Crippen molar-refractivity contribution < 1.29 is 14.6 Å². The number of aromatic hydroxyl groups is 1. The molecular formula is C26H17N3O4S. The fourth-order valence-corrected chi connectivity index (χ4v) is 3.93. The highest BCUT2D eigenvalue weighted by Gasteiger charge is 2.19. The summed E-state index contributed by atoms with van der Waals surface area (Å²) in [4.78, 5) is 31.5. The van der Waals surface area contributed by atoms with Crippen LogP contribution < -0.4 is 10.3 Å². The maximum Gasteiger partial charge on any atom is 0.262 e. The lowest BCUT2D eigenvalue weighted by molar-refractivity contribution is 0.104. The normalized spacial score (nSPS) is 13.6. The Balaban J connectivity index is 1.56. The van der Waals surface area contributed by atoms with Gasteiger partial charge < -0.3 is 9.84 Å². The minimum Gasteiger partial charge on any atom is -0.494 e. The molecule has 7 nitrogen and oxygen atoms in total. The van der Waals surface area contributed by atoms with Crippen LogP contribution in [0.1, 0.15) is 21.6 Å². The second kappa shape index (κ2) is 8.76. The molecule has 0 atom stereocenters. The van der Waals surface area contributed by atoms with Gasteiger partial charge in [-0.15, -0.1) is 0 Å². The van der Waals surface area contributed by atoms with Gasteiger partial charge in [-0.25, -0.2) is 0 Å². The topological polar surface area (TPSA) is 97.2 Å². The number of nitrogens with one attached hydrogen (secondary N) is 1. The Bertz CT molecular complexity index is 1580. The van der Waals surface area contributed by atoms with Crippen molar-refractivity contribution in [3.63, 3.8) is 0 Å². The second-order valence-electron chi connectivity index (χ2n) is 7.44. The fraction of sp³-hybridized carbons (Fsp3) is 0. The van der Waals surface area contributed by atoms with Gasteiger partial charge in [0.1, 0.15) is 22.8 Å². The maximum atomic E-state index is 12.7. The van der Waals surface area contributed by atoms with Crippen molar-refractivity contribution in [2.24, 2.45) is 0 Å². The highest BCUT2D eigenvalue weighted by atomic mass is 32.1. The molecule has 2 heterocycles. The van der Waals surface area contributed by atoms with Gasteiger partial charge in [-0.3, -0.25) is 24.1 Å². The number of carbonyl (C=O) groups is 1. The largest absolute Gasteiger partial charge is 0.494 e. The molecule has 2 aromatic heterocycles. The summed E-state index contributed by atoms with van der Waals surface area (Å²) in [5, 5.41) is 11.0. The molecule has 0 radical (unpaired) electrons. The van der Waals surface area contributed by atoms with Crippen LogP contribution in [0.3, 0.4) is 0 Å². The average Bonchev–Trinajstić information content (AvgIpc) is 2.85. The zero-order chi connectivity index (χ0) is 23.7. The number of ether oxygens (including phenoxy) is 1. The third-order valence-electron chi connectivity index (χ3n) is 5.26. The highest BCUT2D eigenvalue weighted by Crippen LogP contribution is 2.29. The lowest BCUT2D eigenvalue weighted by Crippen LogP contribution is -2.16. The number of allylic oxidation sites excluding steroid dienone is 3. The van der Waals surface area contributed by atoms with E-state index >= 15 is 0 Å². The first-order valence-corrected chi connectivity index (χ1v) is 10.7. The SMILES string of the molecule is O=C1C=CC(=Cc2c(O)n(-c3ccc(Oc4ccccc4)cc3)c(=S)[nH]c2=O)c2cccnc21. The number of aromatic amines is 1. The summed E-state index contributed by atoms with van der Waals surface area (Å²) in [7, 11) is 0. The van der Waals surface area contributed by atoms with E-state index in [1.165, 1.54) is 22.9 Å². The number of hydrogen-bond donors (Lipinski definition) is 2. The number of ketones is 1. The van der Waals surface area contributed by atoms with Crippen LogP contribution in [-0.2, 0) is 0 Å². The van der Waals surface area contributed by atoms with E-state index in [9.17, 15) is 14.7 Å². The van der Waals surface area contributed by atoms with Crippen molar-refractivity contribution in [3.05, 3.63) is 117 Å². The van der Waals surface area contributed by atoms with Gasteiger partial charge in [-0.05, 0) is 72.4 Å². The molecule has 2 N–H and O–H groups in total. The Morgan fingerprint density at radius 3 is 2.44 bits per heavy atom. The van der Waals surface area contributed by atoms with Crippen LogP contribution in [0.2, 0.25) is 0 Å². The summed E-state index contributed by atoms with van der Waals surface area (Å²) in [6.45, 7) is 0. The number of H-pyrrole nitrogens is 1. The van der Waals surface area contributed by atoms with Crippen molar-refractivity contribution in [1.29, 1.82) is 0 Å². The van der Waals surface area contributed by atoms with Crippen molar-refractivity contribution >= 4 is 29.7 Å². The Kier molecular flexibility index (Phi) is 5.49. The number of rotatable bonds is 4. The van der Waals surface area contributed by atoms with Gasteiger partial charge in [0.25, 0.3) is 5.56 Å². The number of pyridine rings is 1. The summed E-state index contributed by atoms with van der Waals surface area (Å²) >= 11 is 5.32. The minimum atomic E-state index is -0.550. The van der Waals surface area contributed by atoms with Gasteiger partial charge >= 0.3 is 0 Å². The monoisotopic (exact) mass is 467 g/mol. The predicted molar refractivity (Wildman–Crippen MR) is 131 cm³/mol. The van der Waals surface area contributed by atoms with Gasteiger partial charge in [0, 0.05) is 11.8 Å². The van der Waals surface area contributed by atoms with Gasteiger partial charge in [0.2, 0.25) is 11.7 Å². The molecule has 0 saturated carbocycles. The molecule has 34 heavy (non-hydrogen) atoms. The van der Waals surface area contributed by atoms with Gasteiger partial charge in [0.05, 0.1) is 5.69 Å². The minimum absolute atomic E-state index is 0.00186. The number of aromatic nitrogens is 3. The molecule has 0 bridgehead atoms. The molecule has 0 aliphatic heterocycles. The summed E-state index contributed by atoms with van der Waals surface area (Å²) < 4.78 is 7.21. The molecule has 0 spiro atoms. The Morgan fingerprint density at radius 1 is 0.941 bits per heavy atom. The smallest absolute Gasteiger partial charge is 0.262 e. The quantitative estimate of drug-likeness (QED) is 0.406. The number of carbonyl (C=O) groups excluding carboxylic acids is 1. The number of para-hydroxylation sites is 1. The third-order valence-corrected chi connectivity index (χ3v) is 5.55. The van der Waals surface area contributed by atoms with Gasteiger partial charge in [-0.2, -0.15) is 0 Å². The fourth-order valence-electron chi connectivity index (χ4n) is 3.65. The summed E-state index contributed by atoms with van der Waals surface area (Å²) in [6.07, 6.45) is 6.01. The molecule has 1 aliphatic rings. The van der Waals surface area contributed by atoms with Crippen LogP contribution in [0.15, 0.2) is 89.9 Å². The van der Waals surface area contributed by atoms with Crippen LogP contribution in [0.25, 0.3) is 17.3 Å². The number of benzene rings is 2. The van der Waals surface area contributed by atoms with Crippen molar-refractivity contribution in [2.75, 3.05) is 0 Å². The highest BCUT2D eigenvalue weighted by molar-refractivity contribution is 7.71. The van der Waals surface area contributed by atoms with Crippen LogP contribution >= 0.6 is 12.2 Å². The van der Waals surface area contributed by atoms with E-state index in [0.717, 1.165) is 0 Å². The number of hydrogen-bond acceptors (Lipinski definition) is 6. The molecule has 1 aliphatic carbocycles. The Morgan fingerprint density at radius 2 is 1.68 bits per heavy atom. The molecular weight excluding hydrogens is 450 g/mol. The van der Waals surface area contributed by atoms with E-state index in [1.54, 1.807) is 42.5 Å². The summed E-state index contributed by atoms with van der Waals surface area (Å²) in [5.41, 5.74) is 1.42. The molecule has 5 rings (SSSR count). The molecule has 0 amide bonds. The lowest BCUT2D eigenvalue weighted by Gasteiger charge is -2.14. The van der Waals surface area contributed by atoms with Gasteiger partial charge in [-0.1, -0.05) is 30.3 Å². The van der Waals surface area contributed by atoms with E-state index in [1.807, 2.05) is 30.3 Å². The van der Waals surface area contributed by atoms with Crippen LogP contribution in [0, 0.1) is 4.77 Å². The van der Waals surface area contributed by atoms with E-state index in [4.69, 9.17) is 17.0 Å². The molecule has 166 valence electrons. The summed E-state index contributed by atoms with van der Waals surface area (Å²) in [5.74, 6) is 0.753. The number of fused-ring (bicyclic) bond motifs is 1. The first kappa shape index (κ1) is 21.3. The van der Waals surface area contributed by atoms with E-state index in [2.05, 4.69) is 9.97 Å².